The third-order valence-electron chi connectivity index (χ3n) is 5.06. The van der Waals surface area contributed by atoms with E-state index in [1.165, 1.54) is 0 Å². The van der Waals surface area contributed by atoms with Gasteiger partial charge in [0.15, 0.2) is 5.78 Å². The molecule has 1 aliphatic carbocycles. The maximum absolute atomic E-state index is 13.7. The van der Waals surface area contributed by atoms with Crippen molar-refractivity contribution in [2.45, 2.75) is 39.5 Å². The van der Waals surface area contributed by atoms with Crippen LogP contribution in [-0.4, -0.2) is 5.78 Å². The van der Waals surface area contributed by atoms with Crippen LogP contribution in [0.15, 0.2) is 42.5 Å². The number of halogens is 1. The van der Waals surface area contributed by atoms with Crippen LogP contribution in [0.2, 0.25) is 0 Å². The fourth-order valence-corrected chi connectivity index (χ4v) is 3.36. The van der Waals surface area contributed by atoms with Crippen LogP contribution in [0, 0.1) is 24.6 Å². The minimum atomic E-state index is -0.195. The number of aryl methyl sites for hydroxylation is 1. The zero-order chi connectivity index (χ0) is 16.4. The molecule has 1 fully saturated rings. The van der Waals surface area contributed by atoms with Crippen molar-refractivity contribution in [1.82, 2.24) is 0 Å². The van der Waals surface area contributed by atoms with Gasteiger partial charge in [0, 0.05) is 11.5 Å². The summed E-state index contributed by atoms with van der Waals surface area (Å²) in [7, 11) is 0. The van der Waals surface area contributed by atoms with E-state index in [2.05, 4.69) is 6.92 Å². The Morgan fingerprint density at radius 3 is 2.17 bits per heavy atom. The summed E-state index contributed by atoms with van der Waals surface area (Å²) in [6.45, 7) is 4.02. The van der Waals surface area contributed by atoms with E-state index in [4.69, 9.17) is 0 Å². The lowest BCUT2D eigenvalue weighted by atomic mass is 9.79. The van der Waals surface area contributed by atoms with Gasteiger partial charge in [-0.1, -0.05) is 56.2 Å². The molecule has 0 radical (unpaired) electrons. The summed E-state index contributed by atoms with van der Waals surface area (Å²) in [5, 5.41) is 0. The first kappa shape index (κ1) is 15.9. The minimum absolute atomic E-state index is 0.175. The molecule has 1 nitrogen and oxygen atoms in total. The molecule has 0 saturated heterocycles. The summed E-state index contributed by atoms with van der Waals surface area (Å²) >= 11 is 0. The lowest BCUT2D eigenvalue weighted by Crippen LogP contribution is -2.20. The average molecular weight is 310 g/mol. The fourth-order valence-electron chi connectivity index (χ4n) is 3.36. The highest BCUT2D eigenvalue weighted by molar-refractivity contribution is 5.98. The van der Waals surface area contributed by atoms with Gasteiger partial charge in [-0.05, 0) is 48.4 Å². The van der Waals surface area contributed by atoms with Gasteiger partial charge in [0.05, 0.1) is 0 Å². The Kier molecular flexibility index (Phi) is 4.61. The summed E-state index contributed by atoms with van der Waals surface area (Å²) in [6.07, 6.45) is 4.31. The molecule has 0 bridgehead atoms. The van der Waals surface area contributed by atoms with Gasteiger partial charge >= 0.3 is 0 Å². The minimum Gasteiger partial charge on any atom is -0.294 e. The van der Waals surface area contributed by atoms with Crippen molar-refractivity contribution in [2.24, 2.45) is 11.8 Å². The van der Waals surface area contributed by atoms with Crippen LogP contribution >= 0.6 is 0 Å². The van der Waals surface area contributed by atoms with Crippen LogP contribution in [0.5, 0.6) is 0 Å². The quantitative estimate of drug-likeness (QED) is 0.654. The summed E-state index contributed by atoms with van der Waals surface area (Å²) in [5.41, 5.74) is 3.21. The summed E-state index contributed by atoms with van der Waals surface area (Å²) in [6, 6.07) is 12.9. The second-order valence-corrected chi connectivity index (χ2v) is 6.86. The number of Topliss-reactive ketones (excluding diaryl/α,β-unsaturated/α-hetero) is 1. The molecular weight excluding hydrogens is 287 g/mol. The van der Waals surface area contributed by atoms with Crippen molar-refractivity contribution in [1.29, 1.82) is 0 Å². The molecule has 0 aromatic heterocycles. The maximum Gasteiger partial charge on any atom is 0.165 e. The second-order valence-electron chi connectivity index (χ2n) is 6.86. The van der Waals surface area contributed by atoms with Gasteiger partial charge in [-0.15, -0.1) is 0 Å². The van der Waals surface area contributed by atoms with Gasteiger partial charge in [0.2, 0.25) is 0 Å². The Bertz CT molecular complexity index is 694. The van der Waals surface area contributed by atoms with Crippen LogP contribution in [0.4, 0.5) is 4.39 Å². The van der Waals surface area contributed by atoms with Gasteiger partial charge in [-0.2, -0.15) is 0 Å². The predicted molar refractivity (Wildman–Crippen MR) is 92.0 cm³/mol. The van der Waals surface area contributed by atoms with E-state index < -0.39 is 0 Å². The number of ketones is 1. The maximum atomic E-state index is 13.7. The van der Waals surface area contributed by atoms with E-state index in [0.717, 1.165) is 48.3 Å². The fraction of sp³-hybridized carbons (Fsp3) is 0.381. The first-order valence-corrected chi connectivity index (χ1v) is 8.45. The number of carbonyl (C=O) groups is 1. The Hall–Kier alpha value is -1.96. The first-order valence-electron chi connectivity index (χ1n) is 8.45. The SMILES string of the molecule is Cc1ccc(-c2ccc(C(=O)C3CCC(C)CC3)cc2)cc1F. The normalized spacial score (nSPS) is 21.2. The van der Waals surface area contributed by atoms with Crippen LogP contribution in [0.1, 0.15) is 48.5 Å². The van der Waals surface area contributed by atoms with Crippen molar-refractivity contribution in [3.05, 3.63) is 59.4 Å². The van der Waals surface area contributed by atoms with E-state index in [1.54, 1.807) is 19.1 Å². The molecule has 2 heteroatoms. The molecule has 1 aliphatic rings. The largest absolute Gasteiger partial charge is 0.294 e. The van der Waals surface area contributed by atoms with E-state index in [1.807, 2.05) is 30.3 Å². The number of benzene rings is 2. The lowest BCUT2D eigenvalue weighted by Gasteiger charge is -2.25. The monoisotopic (exact) mass is 310 g/mol. The molecule has 120 valence electrons. The van der Waals surface area contributed by atoms with Gasteiger partial charge in [0.1, 0.15) is 5.82 Å². The number of hydrogen-bond donors (Lipinski definition) is 0. The smallest absolute Gasteiger partial charge is 0.165 e. The molecule has 1 saturated carbocycles. The number of carbonyl (C=O) groups excluding carboxylic acids is 1. The van der Waals surface area contributed by atoms with Crippen molar-refractivity contribution >= 4 is 5.78 Å². The summed E-state index contributed by atoms with van der Waals surface area (Å²) in [5.74, 6) is 0.990. The molecule has 23 heavy (non-hydrogen) atoms. The predicted octanol–water partition coefficient (Wildman–Crippen LogP) is 5.81. The molecule has 0 atom stereocenters. The first-order chi connectivity index (χ1) is 11.0. The van der Waals surface area contributed by atoms with E-state index in [-0.39, 0.29) is 17.5 Å². The molecule has 0 unspecified atom stereocenters. The standard InChI is InChI=1S/C21H23FO/c1-14-3-6-17(7-4-14)21(23)18-11-9-16(10-12-18)19-8-5-15(2)20(22)13-19/h5,8-14,17H,3-4,6-7H2,1-2H3. The Labute approximate surface area is 137 Å². The zero-order valence-electron chi connectivity index (χ0n) is 13.8. The lowest BCUT2D eigenvalue weighted by molar-refractivity contribution is 0.0875. The molecule has 0 aliphatic heterocycles. The molecule has 0 spiro atoms. The molecule has 0 N–H and O–H groups in total. The van der Waals surface area contributed by atoms with Crippen molar-refractivity contribution in [3.63, 3.8) is 0 Å². The second kappa shape index (κ2) is 6.66. The van der Waals surface area contributed by atoms with E-state index in [9.17, 15) is 9.18 Å². The highest BCUT2D eigenvalue weighted by Crippen LogP contribution is 2.31. The molecular formula is C21H23FO. The van der Waals surface area contributed by atoms with E-state index in [0.29, 0.717) is 5.56 Å². The third-order valence-corrected chi connectivity index (χ3v) is 5.06. The van der Waals surface area contributed by atoms with Gasteiger partial charge in [0.25, 0.3) is 0 Å². The molecule has 0 heterocycles. The zero-order valence-corrected chi connectivity index (χ0v) is 13.8. The van der Waals surface area contributed by atoms with E-state index >= 15 is 0 Å². The van der Waals surface area contributed by atoms with Crippen LogP contribution in [0.25, 0.3) is 11.1 Å². The highest BCUT2D eigenvalue weighted by atomic mass is 19.1. The van der Waals surface area contributed by atoms with Gasteiger partial charge in [-0.3, -0.25) is 4.79 Å². The average Bonchev–Trinajstić information content (AvgIpc) is 2.57. The molecule has 2 aromatic rings. The molecule has 3 rings (SSSR count). The summed E-state index contributed by atoms with van der Waals surface area (Å²) in [4.78, 5) is 12.6. The van der Waals surface area contributed by atoms with Gasteiger partial charge in [-0.25, -0.2) is 4.39 Å². The number of rotatable bonds is 3. The van der Waals surface area contributed by atoms with Crippen molar-refractivity contribution < 1.29 is 9.18 Å². The van der Waals surface area contributed by atoms with Crippen molar-refractivity contribution in [2.75, 3.05) is 0 Å². The Balaban J connectivity index is 1.76. The Morgan fingerprint density at radius 2 is 1.57 bits per heavy atom. The topological polar surface area (TPSA) is 17.1 Å². The third kappa shape index (κ3) is 3.52. The molecule has 2 aromatic carbocycles. The Morgan fingerprint density at radius 1 is 0.957 bits per heavy atom. The van der Waals surface area contributed by atoms with Crippen molar-refractivity contribution in [3.8, 4) is 11.1 Å². The van der Waals surface area contributed by atoms with Gasteiger partial charge < -0.3 is 0 Å². The van der Waals surface area contributed by atoms with Crippen LogP contribution < -0.4 is 0 Å². The summed E-state index contributed by atoms with van der Waals surface area (Å²) < 4.78 is 13.7. The molecule has 0 amide bonds. The van der Waals surface area contributed by atoms with Crippen LogP contribution in [0.3, 0.4) is 0 Å². The van der Waals surface area contributed by atoms with Crippen LogP contribution in [-0.2, 0) is 0 Å². The highest BCUT2D eigenvalue weighted by Gasteiger charge is 2.25. The number of hydrogen-bond acceptors (Lipinski definition) is 1.